The summed E-state index contributed by atoms with van der Waals surface area (Å²) in [6.07, 6.45) is 3.23. The average Bonchev–Trinajstić information content (AvgIpc) is 3.52. The highest BCUT2D eigenvalue weighted by molar-refractivity contribution is 6.28. The summed E-state index contributed by atoms with van der Waals surface area (Å²) in [4.78, 5) is 51.8. The molecule has 4 heterocycles. The van der Waals surface area contributed by atoms with Crippen LogP contribution in [0, 0.1) is 0 Å². The number of fused-ring (bicyclic) bond motifs is 3. The van der Waals surface area contributed by atoms with Crippen molar-refractivity contribution in [1.82, 2.24) is 19.5 Å². The Bertz CT molecular complexity index is 1550. The number of anilines is 1. The van der Waals surface area contributed by atoms with Crippen molar-refractivity contribution in [2.24, 2.45) is 0 Å². The van der Waals surface area contributed by atoms with Gasteiger partial charge in [0.2, 0.25) is 5.28 Å². The summed E-state index contributed by atoms with van der Waals surface area (Å²) in [5, 5.41) is 0.0239. The summed E-state index contributed by atoms with van der Waals surface area (Å²) >= 11 is 6.54. The van der Waals surface area contributed by atoms with Gasteiger partial charge in [-0.15, -0.1) is 0 Å². The van der Waals surface area contributed by atoms with Crippen molar-refractivity contribution in [1.29, 1.82) is 0 Å². The lowest BCUT2D eigenvalue weighted by Crippen LogP contribution is -2.47. The number of aromatic nitrogens is 4. The molecule has 43 heavy (non-hydrogen) atoms. The normalized spacial score (nSPS) is 24.5. The van der Waals surface area contributed by atoms with E-state index in [4.69, 9.17) is 35.5 Å². The van der Waals surface area contributed by atoms with Crippen molar-refractivity contribution in [3.8, 4) is 0 Å². The van der Waals surface area contributed by atoms with Gasteiger partial charge in [0.05, 0.1) is 6.33 Å². The van der Waals surface area contributed by atoms with E-state index in [1.54, 1.807) is 4.57 Å². The molecule has 3 aliphatic rings. The standard InChI is InChI=1S/C30H34ClN5O7/c1-17(37)40-14-22-24(41-18(2)38)25(42-19(3)39)28(43-22)36-16-32-23-26(33-29(31)34-27(23)36)35-13-20-9-5-6-10-21(20)30(15-35)11-7-4-8-12-30/h5-6,9-10,16,22,24-25,28H,4,7-8,11-15H2,1-3H3/t22-,24-,25-,28-/m1/s1. The molecule has 2 aromatic heterocycles. The molecule has 2 aliphatic heterocycles. The van der Waals surface area contributed by atoms with Crippen LogP contribution in [0.1, 0.15) is 70.2 Å². The van der Waals surface area contributed by atoms with E-state index in [1.807, 2.05) is 0 Å². The van der Waals surface area contributed by atoms with Crippen LogP contribution in [0.3, 0.4) is 0 Å². The van der Waals surface area contributed by atoms with E-state index in [1.165, 1.54) is 57.5 Å². The van der Waals surface area contributed by atoms with Gasteiger partial charge < -0.3 is 23.8 Å². The molecule has 1 saturated carbocycles. The molecule has 0 amide bonds. The molecule has 1 aromatic carbocycles. The number of hydrogen-bond donors (Lipinski definition) is 0. The molecule has 3 aromatic rings. The molecule has 12 nitrogen and oxygen atoms in total. The van der Waals surface area contributed by atoms with E-state index in [9.17, 15) is 14.4 Å². The lowest BCUT2D eigenvalue weighted by atomic mass is 9.66. The Kier molecular flexibility index (Phi) is 7.99. The molecule has 0 radical (unpaired) electrons. The Morgan fingerprint density at radius 1 is 1.00 bits per heavy atom. The first-order chi connectivity index (χ1) is 20.6. The Morgan fingerprint density at radius 3 is 2.44 bits per heavy atom. The van der Waals surface area contributed by atoms with E-state index in [2.05, 4.69) is 39.1 Å². The van der Waals surface area contributed by atoms with Crippen LogP contribution in [0.4, 0.5) is 5.82 Å². The van der Waals surface area contributed by atoms with E-state index in [0.29, 0.717) is 23.5 Å². The van der Waals surface area contributed by atoms with Crippen LogP contribution < -0.4 is 4.90 Å². The fraction of sp³-hybridized carbons (Fsp3) is 0.533. The van der Waals surface area contributed by atoms with Crippen LogP contribution in [0.2, 0.25) is 5.28 Å². The predicted octanol–water partition coefficient (Wildman–Crippen LogP) is 4.03. The largest absolute Gasteiger partial charge is 0.463 e. The highest BCUT2D eigenvalue weighted by atomic mass is 35.5. The van der Waals surface area contributed by atoms with Crippen LogP contribution >= 0.6 is 11.6 Å². The number of benzene rings is 1. The highest BCUT2D eigenvalue weighted by Crippen LogP contribution is 2.46. The van der Waals surface area contributed by atoms with E-state index < -0.39 is 42.4 Å². The van der Waals surface area contributed by atoms with E-state index in [-0.39, 0.29) is 17.3 Å². The molecule has 1 spiro atoms. The molecule has 0 N–H and O–H groups in total. The van der Waals surface area contributed by atoms with Crippen LogP contribution in [-0.2, 0) is 45.3 Å². The van der Waals surface area contributed by atoms with E-state index in [0.717, 1.165) is 19.4 Å². The third kappa shape index (κ3) is 5.65. The monoisotopic (exact) mass is 611 g/mol. The van der Waals surface area contributed by atoms with Crippen molar-refractivity contribution in [2.75, 3.05) is 18.1 Å². The third-order valence-electron chi connectivity index (χ3n) is 8.54. The Labute approximate surface area is 253 Å². The van der Waals surface area contributed by atoms with Crippen LogP contribution in [0.5, 0.6) is 0 Å². The minimum absolute atomic E-state index is 0.00950. The molecular formula is C30H34ClN5O7. The highest BCUT2D eigenvalue weighted by Gasteiger charge is 2.51. The van der Waals surface area contributed by atoms with Crippen LogP contribution in [0.25, 0.3) is 11.2 Å². The number of esters is 3. The second-order valence-corrected chi connectivity index (χ2v) is 11.8. The van der Waals surface area contributed by atoms with E-state index >= 15 is 0 Å². The maximum absolute atomic E-state index is 12.2. The third-order valence-corrected chi connectivity index (χ3v) is 8.71. The molecule has 4 atom stereocenters. The zero-order valence-corrected chi connectivity index (χ0v) is 25.1. The van der Waals surface area contributed by atoms with Crippen molar-refractivity contribution in [2.45, 2.75) is 89.4 Å². The Balaban J connectivity index is 1.40. The Hall–Kier alpha value is -3.77. The number of halogens is 1. The van der Waals surface area contributed by atoms with Crippen LogP contribution in [0.15, 0.2) is 30.6 Å². The van der Waals surface area contributed by atoms with Gasteiger partial charge in [-0.2, -0.15) is 9.97 Å². The van der Waals surface area contributed by atoms with Crippen molar-refractivity contribution in [3.63, 3.8) is 0 Å². The van der Waals surface area contributed by atoms with Gasteiger partial charge >= 0.3 is 17.9 Å². The topological polar surface area (TPSA) is 135 Å². The van der Waals surface area contributed by atoms with Gasteiger partial charge in [0.25, 0.3) is 0 Å². The summed E-state index contributed by atoms with van der Waals surface area (Å²) in [7, 11) is 0. The van der Waals surface area contributed by atoms with Gasteiger partial charge in [0, 0.05) is 39.3 Å². The quantitative estimate of drug-likeness (QED) is 0.227. The van der Waals surface area contributed by atoms with Gasteiger partial charge in [-0.3, -0.25) is 19.0 Å². The zero-order valence-electron chi connectivity index (χ0n) is 24.3. The fourth-order valence-electron chi connectivity index (χ4n) is 6.89. The van der Waals surface area contributed by atoms with Crippen LogP contribution in [-0.4, -0.2) is 68.9 Å². The Morgan fingerprint density at radius 2 is 1.72 bits per heavy atom. The van der Waals surface area contributed by atoms with Gasteiger partial charge in [0.15, 0.2) is 35.4 Å². The van der Waals surface area contributed by atoms with Gasteiger partial charge in [-0.1, -0.05) is 43.5 Å². The summed E-state index contributed by atoms with van der Waals surface area (Å²) in [6, 6.07) is 8.61. The first-order valence-electron chi connectivity index (χ1n) is 14.5. The lowest BCUT2D eigenvalue weighted by molar-refractivity contribution is -0.166. The first-order valence-corrected chi connectivity index (χ1v) is 14.9. The molecule has 0 bridgehead atoms. The smallest absolute Gasteiger partial charge is 0.303 e. The molecular weight excluding hydrogens is 578 g/mol. The average molecular weight is 612 g/mol. The number of imidazole rings is 1. The zero-order chi connectivity index (χ0) is 30.3. The van der Waals surface area contributed by atoms with Gasteiger partial charge in [0.1, 0.15) is 12.7 Å². The SMILES string of the molecule is CC(=O)OC[C@H]1O[C@@H](n2cnc3c(N4Cc5ccccc5C5(CCCCC5)C4)nc(Cl)nc32)[C@H](OC(C)=O)[C@@H]1OC(C)=O. The van der Waals surface area contributed by atoms with Crippen molar-refractivity contribution in [3.05, 3.63) is 47.0 Å². The minimum atomic E-state index is -1.08. The summed E-state index contributed by atoms with van der Waals surface area (Å²) < 4.78 is 24.1. The fourth-order valence-corrected chi connectivity index (χ4v) is 7.05. The minimum Gasteiger partial charge on any atom is -0.463 e. The molecule has 13 heteroatoms. The summed E-state index contributed by atoms with van der Waals surface area (Å²) in [5.41, 5.74) is 3.54. The number of hydrogen-bond acceptors (Lipinski definition) is 11. The number of carbonyl (C=O) groups excluding carboxylic acids is 3. The number of nitrogens with zero attached hydrogens (tertiary/aromatic N) is 5. The molecule has 6 rings (SSSR count). The summed E-state index contributed by atoms with van der Waals surface area (Å²) in [6.45, 7) is 4.94. The number of ether oxygens (including phenoxy) is 4. The number of rotatable bonds is 6. The molecule has 1 saturated heterocycles. The summed E-state index contributed by atoms with van der Waals surface area (Å²) in [5.74, 6) is -1.15. The van der Waals surface area contributed by atoms with Gasteiger partial charge in [-0.05, 0) is 35.6 Å². The molecule has 1 aliphatic carbocycles. The predicted molar refractivity (Wildman–Crippen MR) is 154 cm³/mol. The second kappa shape index (κ2) is 11.7. The lowest BCUT2D eigenvalue weighted by Gasteiger charge is -2.47. The molecule has 0 unspecified atom stereocenters. The molecule has 2 fully saturated rings. The number of carbonyl (C=O) groups is 3. The second-order valence-electron chi connectivity index (χ2n) is 11.5. The maximum atomic E-state index is 12.2. The maximum Gasteiger partial charge on any atom is 0.303 e. The van der Waals surface area contributed by atoms with Crippen molar-refractivity contribution >= 4 is 46.5 Å². The van der Waals surface area contributed by atoms with Crippen molar-refractivity contribution < 1.29 is 33.3 Å². The first kappa shape index (κ1) is 29.3. The van der Waals surface area contributed by atoms with Gasteiger partial charge in [-0.25, -0.2) is 4.98 Å². The molecule has 228 valence electrons.